The van der Waals surface area contributed by atoms with E-state index in [0.29, 0.717) is 17.1 Å². The number of furan rings is 1. The first-order chi connectivity index (χ1) is 19.7. The molecule has 1 N–H and O–H groups in total. The molecule has 0 radical (unpaired) electrons. The number of carbonyl (C=O) groups excluding carboxylic acids is 2. The molecular weight excluding hydrogens is 550 g/mol. The molecule has 2 aromatic carbocycles. The number of amides is 1. The lowest BCUT2D eigenvalue weighted by atomic mass is 10.2. The highest BCUT2D eigenvalue weighted by atomic mass is 35.5. The summed E-state index contributed by atoms with van der Waals surface area (Å²) in [6, 6.07) is 18.3. The number of rotatable bonds is 11. The van der Waals surface area contributed by atoms with Crippen LogP contribution in [0.5, 0.6) is 17.2 Å². The monoisotopic (exact) mass is 579 g/mol. The van der Waals surface area contributed by atoms with Crippen molar-refractivity contribution in [1.29, 1.82) is 0 Å². The second-order valence-corrected chi connectivity index (χ2v) is 9.42. The van der Waals surface area contributed by atoms with Gasteiger partial charge in [0.1, 0.15) is 18.1 Å². The summed E-state index contributed by atoms with van der Waals surface area (Å²) in [5.41, 5.74) is 6.28. The maximum Gasteiger partial charge on any atom is 0.346 e. The van der Waals surface area contributed by atoms with Crippen LogP contribution in [0.25, 0.3) is 5.69 Å². The molecule has 0 spiro atoms. The van der Waals surface area contributed by atoms with Gasteiger partial charge in [-0.2, -0.15) is 5.10 Å². The molecule has 0 aliphatic heterocycles. The van der Waals surface area contributed by atoms with Crippen LogP contribution in [0.2, 0.25) is 5.02 Å². The molecule has 214 valence electrons. The summed E-state index contributed by atoms with van der Waals surface area (Å²) in [6.07, 6.45) is 0.491. The molecular formula is C30H30ClN3O7. The number of hydrogen-bond acceptors (Lipinski definition) is 8. The number of nitrogens with zero attached hydrogens (tertiary/aromatic N) is 2. The van der Waals surface area contributed by atoms with Gasteiger partial charge in [0.05, 0.1) is 25.5 Å². The van der Waals surface area contributed by atoms with Gasteiger partial charge in [-0.15, -0.1) is 0 Å². The Balaban J connectivity index is 1.32. The molecule has 0 bridgehead atoms. The van der Waals surface area contributed by atoms with Crippen molar-refractivity contribution in [3.05, 3.63) is 94.2 Å². The second kappa shape index (κ2) is 13.1. The number of esters is 1. The minimum absolute atomic E-state index is 0.0748. The first kappa shape index (κ1) is 29.3. The van der Waals surface area contributed by atoms with Crippen LogP contribution in [0, 0.1) is 13.8 Å². The molecule has 0 saturated heterocycles. The van der Waals surface area contributed by atoms with Crippen LogP contribution in [0.1, 0.15) is 40.2 Å². The van der Waals surface area contributed by atoms with Crippen LogP contribution in [-0.4, -0.2) is 43.0 Å². The number of aryl methyl sites for hydroxylation is 2. The van der Waals surface area contributed by atoms with Gasteiger partial charge in [-0.25, -0.2) is 10.2 Å². The van der Waals surface area contributed by atoms with Crippen LogP contribution in [0.4, 0.5) is 0 Å². The summed E-state index contributed by atoms with van der Waals surface area (Å²) in [4.78, 5) is 24.2. The molecule has 2 aromatic heterocycles. The maximum absolute atomic E-state index is 12.5. The van der Waals surface area contributed by atoms with Crippen LogP contribution in [0.3, 0.4) is 0 Å². The fourth-order valence-corrected chi connectivity index (χ4v) is 4.30. The van der Waals surface area contributed by atoms with E-state index in [0.717, 1.165) is 17.1 Å². The molecule has 41 heavy (non-hydrogen) atoms. The van der Waals surface area contributed by atoms with Crippen molar-refractivity contribution in [1.82, 2.24) is 9.99 Å². The molecule has 4 rings (SSSR count). The van der Waals surface area contributed by atoms with E-state index in [-0.39, 0.29) is 28.9 Å². The number of hydrogen-bond donors (Lipinski definition) is 1. The van der Waals surface area contributed by atoms with E-state index in [4.69, 9.17) is 30.2 Å². The number of benzene rings is 2. The van der Waals surface area contributed by atoms with Crippen molar-refractivity contribution in [3.8, 4) is 22.9 Å². The van der Waals surface area contributed by atoms with E-state index >= 15 is 0 Å². The minimum atomic E-state index is -0.891. The first-order valence-corrected chi connectivity index (χ1v) is 13.0. The average Bonchev–Trinajstić information content (AvgIpc) is 3.58. The van der Waals surface area contributed by atoms with Gasteiger partial charge in [0, 0.05) is 17.1 Å². The third kappa shape index (κ3) is 7.09. The molecule has 0 saturated carbocycles. The summed E-state index contributed by atoms with van der Waals surface area (Å²) in [7, 11) is 2.70. The fourth-order valence-electron chi connectivity index (χ4n) is 4.04. The molecule has 1 atom stereocenters. The van der Waals surface area contributed by atoms with Crippen LogP contribution < -0.4 is 19.6 Å². The van der Waals surface area contributed by atoms with Gasteiger partial charge in [0.2, 0.25) is 0 Å². The summed E-state index contributed by atoms with van der Waals surface area (Å²) >= 11 is 6.33. The molecule has 0 aliphatic carbocycles. The highest BCUT2D eigenvalue weighted by Crippen LogP contribution is 2.37. The Labute approximate surface area is 242 Å². The lowest BCUT2D eigenvalue weighted by Crippen LogP contribution is -2.25. The van der Waals surface area contributed by atoms with Crippen LogP contribution in [-0.2, 0) is 16.1 Å². The standard InChI is InChI=1S/C30H30ClN3O7/c1-18-6-7-19(2)34(18)22-8-10-23(11-9-22)39-17-24-12-13-26(41-24)29(35)33-32-16-21-14-25(31)28(27(15-21)37-4)40-20(3)30(36)38-5/h6-16,20H,17H2,1-5H3,(H,33,35)/b32-16+/t20-/m1/s1. The van der Waals surface area contributed by atoms with Crippen LogP contribution >= 0.6 is 11.6 Å². The Hall–Kier alpha value is -4.70. The maximum atomic E-state index is 12.5. The molecule has 1 amide bonds. The lowest BCUT2D eigenvalue weighted by molar-refractivity contribution is -0.147. The smallest absolute Gasteiger partial charge is 0.346 e. The summed E-state index contributed by atoms with van der Waals surface area (Å²) in [5.74, 6) is 0.588. The van der Waals surface area contributed by atoms with Crippen molar-refractivity contribution < 1.29 is 33.0 Å². The highest BCUT2D eigenvalue weighted by Gasteiger charge is 2.20. The zero-order valence-corrected chi connectivity index (χ0v) is 24.0. The van der Waals surface area contributed by atoms with E-state index in [1.165, 1.54) is 27.4 Å². The highest BCUT2D eigenvalue weighted by molar-refractivity contribution is 6.32. The van der Waals surface area contributed by atoms with Gasteiger partial charge in [-0.05, 0) is 87.0 Å². The SMILES string of the molecule is COC(=O)[C@@H](C)Oc1c(Cl)cc(/C=N/NC(=O)c2ccc(COc3ccc(-n4c(C)ccc4C)cc3)o2)cc1OC. The van der Waals surface area contributed by atoms with Crippen molar-refractivity contribution in [2.24, 2.45) is 5.10 Å². The quantitative estimate of drug-likeness (QED) is 0.139. The third-order valence-electron chi connectivity index (χ3n) is 6.09. The van der Waals surface area contributed by atoms with Crippen molar-refractivity contribution in [3.63, 3.8) is 0 Å². The Bertz CT molecular complexity index is 1540. The van der Waals surface area contributed by atoms with E-state index < -0.39 is 18.0 Å². The van der Waals surface area contributed by atoms with Gasteiger partial charge in [0.25, 0.3) is 0 Å². The van der Waals surface area contributed by atoms with Crippen LogP contribution in [0.15, 0.2) is 70.2 Å². The molecule has 11 heteroatoms. The Kier molecular flexibility index (Phi) is 9.36. The number of carbonyl (C=O) groups is 2. The number of ether oxygens (including phenoxy) is 4. The van der Waals surface area contributed by atoms with E-state index in [1.807, 2.05) is 24.3 Å². The Morgan fingerprint density at radius 3 is 2.41 bits per heavy atom. The number of nitrogens with one attached hydrogen (secondary N) is 1. The number of halogens is 1. The Morgan fingerprint density at radius 1 is 1.05 bits per heavy atom. The topological polar surface area (TPSA) is 114 Å². The number of hydrazone groups is 1. The molecule has 0 unspecified atom stereocenters. The average molecular weight is 580 g/mol. The largest absolute Gasteiger partial charge is 0.493 e. The van der Waals surface area contributed by atoms with Crippen molar-refractivity contribution >= 4 is 29.7 Å². The summed E-state index contributed by atoms with van der Waals surface area (Å²) < 4.78 is 29.2. The van der Waals surface area contributed by atoms with Gasteiger partial charge >= 0.3 is 11.9 Å². The summed E-state index contributed by atoms with van der Waals surface area (Å²) in [5, 5.41) is 4.15. The number of aromatic nitrogens is 1. The predicted molar refractivity (Wildman–Crippen MR) is 153 cm³/mol. The zero-order chi connectivity index (χ0) is 29.5. The van der Waals surface area contributed by atoms with E-state index in [2.05, 4.69) is 45.8 Å². The van der Waals surface area contributed by atoms with E-state index in [1.54, 1.807) is 24.3 Å². The number of methoxy groups -OCH3 is 2. The minimum Gasteiger partial charge on any atom is -0.493 e. The first-order valence-electron chi connectivity index (χ1n) is 12.6. The lowest BCUT2D eigenvalue weighted by Gasteiger charge is -2.16. The molecule has 0 fully saturated rings. The predicted octanol–water partition coefficient (Wildman–Crippen LogP) is 5.63. The zero-order valence-electron chi connectivity index (χ0n) is 23.3. The second-order valence-electron chi connectivity index (χ2n) is 9.02. The van der Waals surface area contributed by atoms with Gasteiger partial charge in [-0.1, -0.05) is 11.6 Å². The van der Waals surface area contributed by atoms with Gasteiger partial charge in [0.15, 0.2) is 23.4 Å². The Morgan fingerprint density at radius 2 is 1.76 bits per heavy atom. The van der Waals surface area contributed by atoms with Gasteiger partial charge < -0.3 is 27.9 Å². The normalized spacial score (nSPS) is 11.8. The van der Waals surface area contributed by atoms with E-state index in [9.17, 15) is 9.59 Å². The third-order valence-corrected chi connectivity index (χ3v) is 6.37. The molecule has 0 aliphatic rings. The van der Waals surface area contributed by atoms with Gasteiger partial charge in [-0.3, -0.25) is 4.79 Å². The fraction of sp³-hybridized carbons (Fsp3) is 0.233. The molecule has 4 aromatic rings. The molecule has 2 heterocycles. The summed E-state index contributed by atoms with van der Waals surface area (Å²) in [6.45, 7) is 5.80. The van der Waals surface area contributed by atoms with Crippen molar-refractivity contribution in [2.75, 3.05) is 14.2 Å². The van der Waals surface area contributed by atoms with Crippen molar-refractivity contribution in [2.45, 2.75) is 33.5 Å². The molecule has 10 nitrogen and oxygen atoms in total.